The monoisotopic (exact) mass is 378 g/mol. The topological polar surface area (TPSA) is 85.5 Å². The quantitative estimate of drug-likeness (QED) is 0.636. The van der Waals surface area contributed by atoms with Gasteiger partial charge in [-0.25, -0.2) is 9.97 Å². The average molecular weight is 378 g/mol. The minimum atomic E-state index is -0.717. The van der Waals surface area contributed by atoms with Crippen molar-refractivity contribution in [3.05, 3.63) is 65.7 Å². The summed E-state index contributed by atoms with van der Waals surface area (Å²) in [4.78, 5) is 20.2. The molecule has 1 aromatic carbocycles. The van der Waals surface area contributed by atoms with Crippen molar-refractivity contribution in [1.29, 1.82) is 0 Å². The second kappa shape index (κ2) is 7.46. The van der Waals surface area contributed by atoms with Crippen molar-refractivity contribution >= 4 is 5.97 Å². The normalized spacial score (nSPS) is 14.6. The smallest absolute Gasteiger partial charge is 0.309 e. The number of nitrogens with zero attached hydrogens (tertiary/aromatic N) is 2. The van der Waals surface area contributed by atoms with E-state index in [-0.39, 0.29) is 0 Å². The first-order valence-corrected chi connectivity index (χ1v) is 9.39. The first-order valence-electron chi connectivity index (χ1n) is 9.39. The molecule has 4 rings (SSSR count). The fraction of sp³-hybridized carbons (Fsp3) is 0.318. The highest BCUT2D eigenvalue weighted by molar-refractivity contribution is 5.78. The second-order valence-electron chi connectivity index (χ2n) is 7.25. The van der Waals surface area contributed by atoms with E-state index in [1.165, 1.54) is 0 Å². The summed E-state index contributed by atoms with van der Waals surface area (Å²) in [5, 5.41) is 9.28. The van der Waals surface area contributed by atoms with Gasteiger partial charge in [-0.05, 0) is 43.9 Å². The van der Waals surface area contributed by atoms with Crippen molar-refractivity contribution in [2.75, 3.05) is 6.61 Å². The molecule has 2 aromatic heterocycles. The molecular formula is C22H22N2O4. The van der Waals surface area contributed by atoms with Crippen LogP contribution in [0.4, 0.5) is 0 Å². The molecule has 3 aromatic rings. The molecule has 0 unspecified atom stereocenters. The van der Waals surface area contributed by atoms with Crippen molar-refractivity contribution in [3.63, 3.8) is 0 Å². The Hall–Kier alpha value is -3.15. The van der Waals surface area contributed by atoms with Gasteiger partial charge in [0.25, 0.3) is 0 Å². The number of carbonyl (C=O) groups is 1. The third-order valence-electron chi connectivity index (χ3n) is 5.15. The maximum atomic E-state index is 11.3. The summed E-state index contributed by atoms with van der Waals surface area (Å²) in [5.74, 6) is 1.20. The molecule has 0 atom stereocenters. The van der Waals surface area contributed by atoms with Crippen molar-refractivity contribution in [1.82, 2.24) is 9.97 Å². The third-order valence-corrected chi connectivity index (χ3v) is 5.15. The maximum Gasteiger partial charge on any atom is 0.309 e. The number of hydrogen-bond donors (Lipinski definition) is 1. The van der Waals surface area contributed by atoms with Crippen LogP contribution in [0.15, 0.2) is 53.1 Å². The molecule has 6 heteroatoms. The molecule has 0 spiro atoms. The van der Waals surface area contributed by atoms with Gasteiger partial charge in [-0.2, -0.15) is 0 Å². The number of aliphatic carboxylic acids is 1. The number of aromatic nitrogens is 2. The summed E-state index contributed by atoms with van der Waals surface area (Å²) in [7, 11) is 0. The standard InChI is InChI=1S/C22H22N2O4/c1-15-18(24-20(28-15)17-5-3-2-4-6-17)9-12-27-19-8-7-16(14-23-19)13-22(10-11-22)21(25)26/h2-8,14H,9-13H2,1H3,(H,25,26). The Morgan fingerprint density at radius 1 is 1.21 bits per heavy atom. The van der Waals surface area contributed by atoms with Gasteiger partial charge in [0.15, 0.2) is 0 Å². The lowest BCUT2D eigenvalue weighted by atomic mass is 9.98. The Kier molecular flexibility index (Phi) is 4.86. The van der Waals surface area contributed by atoms with Crippen LogP contribution in [0, 0.1) is 12.3 Å². The van der Waals surface area contributed by atoms with Gasteiger partial charge in [0.1, 0.15) is 5.76 Å². The molecule has 0 bridgehead atoms. The molecule has 144 valence electrons. The highest BCUT2D eigenvalue weighted by atomic mass is 16.5. The molecule has 28 heavy (non-hydrogen) atoms. The molecule has 0 aliphatic heterocycles. The summed E-state index contributed by atoms with van der Waals surface area (Å²) in [6.07, 6.45) is 4.32. The highest BCUT2D eigenvalue weighted by Gasteiger charge is 2.49. The summed E-state index contributed by atoms with van der Waals surface area (Å²) >= 11 is 0. The number of carboxylic acids is 1. The molecule has 0 saturated heterocycles. The fourth-order valence-corrected chi connectivity index (χ4v) is 3.23. The minimum absolute atomic E-state index is 0.438. The Morgan fingerprint density at radius 2 is 2.00 bits per heavy atom. The molecule has 2 heterocycles. The molecule has 1 saturated carbocycles. The zero-order valence-corrected chi connectivity index (χ0v) is 15.7. The van der Waals surface area contributed by atoms with Gasteiger partial charge in [-0.3, -0.25) is 4.79 Å². The number of oxazole rings is 1. The Balaban J connectivity index is 1.32. The maximum absolute atomic E-state index is 11.3. The van der Waals surface area contributed by atoms with E-state index in [2.05, 4.69) is 9.97 Å². The SMILES string of the molecule is Cc1oc(-c2ccccc2)nc1CCOc1ccc(CC2(C(=O)O)CC2)cn1. The molecule has 1 aliphatic rings. The molecular weight excluding hydrogens is 356 g/mol. The number of aryl methyl sites for hydroxylation is 1. The minimum Gasteiger partial charge on any atom is -0.481 e. The average Bonchev–Trinajstić information content (AvgIpc) is 3.40. The summed E-state index contributed by atoms with van der Waals surface area (Å²) in [6.45, 7) is 2.34. The first-order chi connectivity index (χ1) is 13.6. The highest BCUT2D eigenvalue weighted by Crippen LogP contribution is 2.48. The van der Waals surface area contributed by atoms with E-state index in [4.69, 9.17) is 9.15 Å². The van der Waals surface area contributed by atoms with Crippen LogP contribution in [-0.4, -0.2) is 27.7 Å². The van der Waals surface area contributed by atoms with Gasteiger partial charge in [0, 0.05) is 24.2 Å². The molecule has 1 N–H and O–H groups in total. The van der Waals surface area contributed by atoms with Gasteiger partial charge in [-0.15, -0.1) is 0 Å². The van der Waals surface area contributed by atoms with Gasteiger partial charge in [0.05, 0.1) is 17.7 Å². The molecule has 1 fully saturated rings. The Morgan fingerprint density at radius 3 is 2.64 bits per heavy atom. The number of ether oxygens (including phenoxy) is 1. The summed E-state index contributed by atoms with van der Waals surface area (Å²) in [5.41, 5.74) is 2.16. The second-order valence-corrected chi connectivity index (χ2v) is 7.25. The third kappa shape index (κ3) is 3.91. The van der Waals surface area contributed by atoms with E-state index >= 15 is 0 Å². The lowest BCUT2D eigenvalue weighted by Gasteiger charge is -2.10. The van der Waals surface area contributed by atoms with Crippen LogP contribution >= 0.6 is 0 Å². The zero-order chi connectivity index (χ0) is 19.6. The number of pyridine rings is 1. The van der Waals surface area contributed by atoms with E-state index in [1.54, 1.807) is 12.3 Å². The fourth-order valence-electron chi connectivity index (χ4n) is 3.23. The molecule has 6 nitrogen and oxygen atoms in total. The van der Waals surface area contributed by atoms with Crippen LogP contribution in [-0.2, 0) is 17.6 Å². The summed E-state index contributed by atoms with van der Waals surface area (Å²) < 4.78 is 11.5. The number of hydrogen-bond acceptors (Lipinski definition) is 5. The predicted molar refractivity (Wildman–Crippen MR) is 103 cm³/mol. The van der Waals surface area contributed by atoms with E-state index in [0.29, 0.717) is 31.2 Å². The van der Waals surface area contributed by atoms with E-state index in [0.717, 1.165) is 35.4 Å². The Labute approximate surface area is 163 Å². The molecule has 1 aliphatic carbocycles. The van der Waals surface area contributed by atoms with Crippen molar-refractivity contribution in [2.24, 2.45) is 5.41 Å². The van der Waals surface area contributed by atoms with Crippen LogP contribution in [0.5, 0.6) is 5.88 Å². The lowest BCUT2D eigenvalue weighted by Crippen LogP contribution is -2.17. The van der Waals surface area contributed by atoms with Gasteiger partial charge in [-0.1, -0.05) is 24.3 Å². The molecule has 0 amide bonds. The Bertz CT molecular complexity index is 960. The lowest BCUT2D eigenvalue weighted by molar-refractivity contribution is -0.143. The largest absolute Gasteiger partial charge is 0.481 e. The van der Waals surface area contributed by atoms with Gasteiger partial charge < -0.3 is 14.3 Å². The van der Waals surface area contributed by atoms with Crippen LogP contribution < -0.4 is 4.74 Å². The summed E-state index contributed by atoms with van der Waals surface area (Å²) in [6, 6.07) is 13.5. The number of benzene rings is 1. The zero-order valence-electron chi connectivity index (χ0n) is 15.7. The molecule has 0 radical (unpaired) electrons. The first kappa shape index (κ1) is 18.2. The van der Waals surface area contributed by atoms with Crippen LogP contribution in [0.1, 0.15) is 29.9 Å². The van der Waals surface area contributed by atoms with E-state index in [9.17, 15) is 9.90 Å². The van der Waals surface area contributed by atoms with Gasteiger partial charge >= 0.3 is 5.97 Å². The van der Waals surface area contributed by atoms with E-state index < -0.39 is 11.4 Å². The van der Waals surface area contributed by atoms with E-state index in [1.807, 2.05) is 43.3 Å². The van der Waals surface area contributed by atoms with Crippen molar-refractivity contribution < 1.29 is 19.1 Å². The van der Waals surface area contributed by atoms with Crippen molar-refractivity contribution in [3.8, 4) is 17.3 Å². The van der Waals surface area contributed by atoms with Crippen LogP contribution in [0.2, 0.25) is 0 Å². The predicted octanol–water partition coefficient (Wildman–Crippen LogP) is 4.07. The number of carboxylic acid groups (broad SMARTS) is 1. The van der Waals surface area contributed by atoms with Crippen LogP contribution in [0.25, 0.3) is 11.5 Å². The van der Waals surface area contributed by atoms with Crippen LogP contribution in [0.3, 0.4) is 0 Å². The van der Waals surface area contributed by atoms with Gasteiger partial charge in [0.2, 0.25) is 11.8 Å². The van der Waals surface area contributed by atoms with Crippen molar-refractivity contribution in [2.45, 2.75) is 32.6 Å². The number of rotatable bonds is 8.